The highest BCUT2D eigenvalue weighted by atomic mass is 35.5. The number of benzene rings is 2. The summed E-state index contributed by atoms with van der Waals surface area (Å²) < 4.78 is 28.8. The minimum atomic E-state index is -3.80. The van der Waals surface area contributed by atoms with Crippen molar-refractivity contribution in [3.63, 3.8) is 0 Å². The van der Waals surface area contributed by atoms with Crippen LogP contribution in [-0.4, -0.2) is 65.5 Å². The fourth-order valence-corrected chi connectivity index (χ4v) is 6.42. The summed E-state index contributed by atoms with van der Waals surface area (Å²) in [5.74, 6) is 0.0129. The Morgan fingerprint density at radius 3 is 2.59 bits per heavy atom. The topological polar surface area (TPSA) is 144 Å². The molecule has 1 aliphatic rings. The summed E-state index contributed by atoms with van der Waals surface area (Å²) in [6.45, 7) is 0.731. The normalized spacial score (nSPS) is 15.1. The first kappa shape index (κ1) is 28.4. The van der Waals surface area contributed by atoms with E-state index in [9.17, 15) is 23.3 Å². The van der Waals surface area contributed by atoms with Gasteiger partial charge >= 0.3 is 0 Å². The van der Waals surface area contributed by atoms with E-state index in [1.165, 1.54) is 26.4 Å². The van der Waals surface area contributed by atoms with Gasteiger partial charge in [0.25, 0.3) is 11.5 Å². The lowest BCUT2D eigenvalue weighted by molar-refractivity contribution is 0.0587. The molecule has 0 spiro atoms. The summed E-state index contributed by atoms with van der Waals surface area (Å²) in [6, 6.07) is 17.1. The van der Waals surface area contributed by atoms with Crippen LogP contribution in [0.25, 0.3) is 10.9 Å². The third-order valence-corrected chi connectivity index (χ3v) is 9.52. The summed E-state index contributed by atoms with van der Waals surface area (Å²) in [6.07, 6.45) is 2.44. The molecule has 11 nitrogen and oxygen atoms in total. The highest BCUT2D eigenvalue weighted by Crippen LogP contribution is 2.38. The third-order valence-electron chi connectivity index (χ3n) is 7.41. The maximum Gasteiger partial charge on any atom is 0.261 e. The van der Waals surface area contributed by atoms with Gasteiger partial charge in [-0.15, -0.1) is 0 Å². The van der Waals surface area contributed by atoms with Gasteiger partial charge in [0.05, 0.1) is 29.2 Å². The molecule has 2 N–H and O–H groups in total. The fourth-order valence-electron chi connectivity index (χ4n) is 5.19. The van der Waals surface area contributed by atoms with Crippen LogP contribution in [0.3, 0.4) is 0 Å². The van der Waals surface area contributed by atoms with Crippen molar-refractivity contribution in [2.75, 3.05) is 32.5 Å². The van der Waals surface area contributed by atoms with Gasteiger partial charge in [-0.1, -0.05) is 29.8 Å². The summed E-state index contributed by atoms with van der Waals surface area (Å²) >= 11 is 6.08. The van der Waals surface area contributed by atoms with Crippen LogP contribution >= 0.6 is 11.6 Å². The van der Waals surface area contributed by atoms with E-state index in [-0.39, 0.29) is 34.1 Å². The van der Waals surface area contributed by atoms with E-state index < -0.39 is 21.1 Å². The first-order chi connectivity index (χ1) is 19.6. The van der Waals surface area contributed by atoms with Crippen LogP contribution in [0.5, 0.6) is 0 Å². The van der Waals surface area contributed by atoms with Crippen LogP contribution in [-0.2, 0) is 15.6 Å². The Labute approximate surface area is 242 Å². The van der Waals surface area contributed by atoms with Crippen LogP contribution in [0.1, 0.15) is 29.6 Å². The van der Waals surface area contributed by atoms with Gasteiger partial charge < -0.3 is 15.2 Å². The Morgan fingerprint density at radius 2 is 1.90 bits per heavy atom. The van der Waals surface area contributed by atoms with Crippen LogP contribution in [0.4, 0.5) is 11.5 Å². The van der Waals surface area contributed by atoms with Crippen LogP contribution in [0.15, 0.2) is 70.5 Å². The number of carbonyl (C=O) groups excluding carboxylic acids is 1. The first-order valence-electron chi connectivity index (χ1n) is 12.9. The number of amides is 1. The molecule has 0 radical (unpaired) electrons. The molecule has 4 aromatic rings. The molecule has 0 saturated carbocycles. The van der Waals surface area contributed by atoms with E-state index in [2.05, 4.69) is 16.4 Å². The van der Waals surface area contributed by atoms with E-state index in [1.54, 1.807) is 58.1 Å². The average molecular weight is 594 g/mol. The summed E-state index contributed by atoms with van der Waals surface area (Å²) in [5.41, 5.74) is 0.0199. The Kier molecular flexibility index (Phi) is 7.61. The number of halogens is 1. The number of nitrogens with zero attached hydrogens (tertiary/aromatic N) is 5. The molecule has 13 heteroatoms. The molecule has 1 saturated heterocycles. The summed E-state index contributed by atoms with van der Waals surface area (Å²) in [4.78, 5) is 30.6. The van der Waals surface area contributed by atoms with Crippen molar-refractivity contribution >= 4 is 49.9 Å². The second-order valence-electron chi connectivity index (χ2n) is 10.1. The second-order valence-corrected chi connectivity index (χ2v) is 12.7. The van der Waals surface area contributed by atoms with Crippen molar-refractivity contribution in [3.8, 4) is 6.07 Å². The number of aromatic nitrogens is 3. The smallest absolute Gasteiger partial charge is 0.261 e. The number of carbonyl (C=O) groups is 1. The number of aromatic amines is 1. The number of sulfonamides is 1. The highest BCUT2D eigenvalue weighted by molar-refractivity contribution is 7.89. The number of hydrogen-bond acceptors (Lipinski definition) is 7. The lowest BCUT2D eigenvalue weighted by Crippen LogP contribution is -2.48. The number of para-hydroxylation sites is 1. The molecule has 3 heterocycles. The number of fused-ring (bicyclic) bond motifs is 1. The second kappa shape index (κ2) is 11.0. The molecule has 5 rings (SSSR count). The van der Waals surface area contributed by atoms with E-state index in [0.29, 0.717) is 42.0 Å². The quantitative estimate of drug-likeness (QED) is 0.330. The molecule has 1 aliphatic heterocycles. The Bertz CT molecular complexity index is 1830. The van der Waals surface area contributed by atoms with Crippen molar-refractivity contribution in [3.05, 3.63) is 81.7 Å². The number of rotatable bonds is 7. The lowest BCUT2D eigenvalue weighted by Gasteiger charge is -2.41. The molecule has 1 amide bonds. The molecule has 0 bridgehead atoms. The predicted octanol–water partition coefficient (Wildman–Crippen LogP) is 3.92. The maximum atomic E-state index is 13.2. The monoisotopic (exact) mass is 593 g/mol. The summed E-state index contributed by atoms with van der Waals surface area (Å²) in [7, 11) is -0.923. The van der Waals surface area contributed by atoms with Gasteiger partial charge in [-0.2, -0.15) is 10.4 Å². The Hall–Kier alpha value is -4.18. The van der Waals surface area contributed by atoms with Crippen LogP contribution in [0.2, 0.25) is 5.02 Å². The first-order valence-corrected chi connectivity index (χ1v) is 14.7. The number of hydrogen-bond donors (Lipinski definition) is 2. The van der Waals surface area contributed by atoms with Gasteiger partial charge in [-0.05, 0) is 49.2 Å². The number of nitriles is 1. The van der Waals surface area contributed by atoms with Crippen LogP contribution in [0, 0.1) is 11.3 Å². The standard InChI is InChI=1S/C28H28ClN7O4S/c1-34(2)41(39,40)23-9-4-3-8-21(23)32-25-24-22(10-15-31-26(24)37)36(33-25)28(11-14-30)12-16-35(17-13-28)27(38)19-6-5-7-20(29)18-19/h3-10,15,18H,11-13,16-17H2,1-2H3,(H,31,37)(H,32,33). The Balaban J connectivity index is 1.54. The lowest BCUT2D eigenvalue weighted by atomic mass is 9.84. The average Bonchev–Trinajstić information content (AvgIpc) is 3.33. The molecule has 2 aromatic heterocycles. The molecule has 0 unspecified atom stereocenters. The van der Waals surface area contributed by atoms with Gasteiger partial charge in [-0.3, -0.25) is 14.3 Å². The van der Waals surface area contributed by atoms with Crippen molar-refractivity contribution in [2.24, 2.45) is 0 Å². The maximum absolute atomic E-state index is 13.2. The zero-order valence-electron chi connectivity index (χ0n) is 22.5. The summed E-state index contributed by atoms with van der Waals surface area (Å²) in [5, 5.41) is 18.4. The van der Waals surface area contributed by atoms with E-state index >= 15 is 0 Å². The molecule has 1 fully saturated rings. The zero-order valence-corrected chi connectivity index (χ0v) is 24.0. The van der Waals surface area contributed by atoms with E-state index in [1.807, 2.05) is 0 Å². The molecule has 0 aliphatic carbocycles. The predicted molar refractivity (Wildman–Crippen MR) is 156 cm³/mol. The van der Waals surface area contributed by atoms with Gasteiger partial charge in [0, 0.05) is 44.0 Å². The molecular weight excluding hydrogens is 566 g/mol. The van der Waals surface area contributed by atoms with E-state index in [4.69, 9.17) is 16.7 Å². The molecule has 212 valence electrons. The molecule has 0 atom stereocenters. The van der Waals surface area contributed by atoms with Gasteiger partial charge in [0.2, 0.25) is 10.0 Å². The van der Waals surface area contributed by atoms with Crippen molar-refractivity contribution < 1.29 is 13.2 Å². The SMILES string of the molecule is CN(C)S(=O)(=O)c1ccccc1Nc1nn(C2(CC#N)CCN(C(=O)c3cccc(Cl)c3)CC2)c2cc[nH]c(=O)c12. The van der Waals surface area contributed by atoms with Gasteiger partial charge in [0.1, 0.15) is 10.3 Å². The largest absolute Gasteiger partial charge is 0.338 e. The fraction of sp³-hybridized carbons (Fsp3) is 0.286. The van der Waals surface area contributed by atoms with Crippen LogP contribution < -0.4 is 10.9 Å². The number of likely N-dealkylation sites (tertiary alicyclic amines) is 1. The minimum Gasteiger partial charge on any atom is -0.338 e. The number of piperidine rings is 1. The van der Waals surface area contributed by atoms with Gasteiger partial charge in [-0.25, -0.2) is 12.7 Å². The number of pyridine rings is 1. The van der Waals surface area contributed by atoms with Crippen molar-refractivity contribution in [1.82, 2.24) is 24.0 Å². The minimum absolute atomic E-state index is 0.0274. The van der Waals surface area contributed by atoms with E-state index in [0.717, 1.165) is 4.31 Å². The van der Waals surface area contributed by atoms with Crippen molar-refractivity contribution in [1.29, 1.82) is 5.26 Å². The van der Waals surface area contributed by atoms with Gasteiger partial charge in [0.15, 0.2) is 5.82 Å². The molecule has 41 heavy (non-hydrogen) atoms. The number of nitrogens with one attached hydrogen (secondary N) is 2. The molecular formula is C28H28ClN7O4S. The van der Waals surface area contributed by atoms with Crippen molar-refractivity contribution in [2.45, 2.75) is 29.7 Å². The molecule has 2 aromatic carbocycles. The third kappa shape index (κ3) is 5.19. The zero-order chi connectivity index (χ0) is 29.4. The Morgan fingerprint density at radius 1 is 1.17 bits per heavy atom. The highest BCUT2D eigenvalue weighted by Gasteiger charge is 2.40. The number of anilines is 2. The number of H-pyrrole nitrogens is 1.